The number of esters is 1. The summed E-state index contributed by atoms with van der Waals surface area (Å²) in [7, 11) is 1.85. The molecule has 0 atom stereocenters. The molecule has 0 saturated carbocycles. The van der Waals surface area contributed by atoms with Gasteiger partial charge >= 0.3 is 5.97 Å². The molecule has 2 aromatic rings. The molecule has 0 unspecified atom stereocenters. The van der Waals surface area contributed by atoms with E-state index in [2.05, 4.69) is 34.1 Å². The number of aromatic nitrogens is 4. The maximum atomic E-state index is 11.7. The highest BCUT2D eigenvalue weighted by atomic mass is 32.2. The second-order valence-corrected chi connectivity index (χ2v) is 11.6. The fraction of sp³-hybridized carbons (Fsp3) is 0.750. The van der Waals surface area contributed by atoms with Gasteiger partial charge in [0, 0.05) is 7.05 Å². The molecule has 0 bridgehead atoms. The Labute approximate surface area is 247 Å². The average molecular weight is 575 g/mol. The highest BCUT2D eigenvalue weighted by Gasteiger charge is 2.17. The minimum absolute atomic E-state index is 0.198. The van der Waals surface area contributed by atoms with E-state index in [-0.39, 0.29) is 11.7 Å². The summed E-state index contributed by atoms with van der Waals surface area (Å²) in [5.41, 5.74) is 1.35. The van der Waals surface area contributed by atoms with Crippen molar-refractivity contribution in [1.29, 1.82) is 0 Å². The van der Waals surface area contributed by atoms with Crippen molar-refractivity contribution in [1.82, 2.24) is 19.7 Å². The van der Waals surface area contributed by atoms with E-state index in [9.17, 15) is 4.79 Å². The lowest BCUT2D eigenvalue weighted by Crippen LogP contribution is -2.06. The number of carbonyl (C=O) groups excluding carboxylic acids is 1. The third-order valence-electron chi connectivity index (χ3n) is 7.06. The first-order valence-corrected chi connectivity index (χ1v) is 16.9. The molecule has 40 heavy (non-hydrogen) atoms. The van der Waals surface area contributed by atoms with Gasteiger partial charge in [-0.25, -0.2) is 14.6 Å². The van der Waals surface area contributed by atoms with Crippen LogP contribution in [0.15, 0.2) is 23.5 Å². The second kappa shape index (κ2) is 22.6. The van der Waals surface area contributed by atoms with Crippen molar-refractivity contribution in [2.45, 2.75) is 134 Å². The van der Waals surface area contributed by atoms with Crippen LogP contribution in [0.5, 0.6) is 5.88 Å². The largest absolute Gasteiger partial charge is 0.476 e. The number of rotatable bonds is 25. The first-order chi connectivity index (χ1) is 19.7. The summed E-state index contributed by atoms with van der Waals surface area (Å²) in [5, 5.41) is 5.20. The van der Waals surface area contributed by atoms with Crippen LogP contribution in [-0.4, -0.2) is 44.7 Å². The topological polar surface area (TPSA) is 79.1 Å². The maximum absolute atomic E-state index is 11.7. The zero-order valence-electron chi connectivity index (χ0n) is 25.5. The van der Waals surface area contributed by atoms with Crippen LogP contribution in [0.2, 0.25) is 0 Å². The van der Waals surface area contributed by atoms with E-state index in [4.69, 9.17) is 9.47 Å². The Kier molecular flexibility index (Phi) is 19.3. The molecule has 2 heterocycles. The van der Waals surface area contributed by atoms with Crippen LogP contribution in [-0.2, 0) is 16.6 Å². The molecule has 0 amide bonds. The summed E-state index contributed by atoms with van der Waals surface area (Å²) in [6.07, 6.45) is 30.1. The SMILES string of the molecule is CCCCCCCC/C=C\CCCCCCCCCCCCOc1c2ncnc(SCC(=O)OCC)c2nn1C. The van der Waals surface area contributed by atoms with E-state index in [0.717, 1.165) is 6.42 Å². The van der Waals surface area contributed by atoms with Gasteiger partial charge in [-0.2, -0.15) is 5.10 Å². The predicted octanol–water partition coefficient (Wildman–Crippen LogP) is 9.00. The van der Waals surface area contributed by atoms with E-state index in [1.165, 1.54) is 127 Å². The first kappa shape index (κ1) is 34.1. The lowest BCUT2D eigenvalue weighted by atomic mass is 10.1. The predicted molar refractivity (Wildman–Crippen MR) is 167 cm³/mol. The second-order valence-electron chi connectivity index (χ2n) is 10.6. The van der Waals surface area contributed by atoms with Crippen LogP contribution in [0.25, 0.3) is 11.0 Å². The van der Waals surface area contributed by atoms with E-state index < -0.39 is 0 Å². The molecule has 0 radical (unpaired) electrons. The lowest BCUT2D eigenvalue weighted by Gasteiger charge is -2.06. The van der Waals surface area contributed by atoms with Gasteiger partial charge in [0.25, 0.3) is 0 Å². The molecule has 0 N–H and O–H groups in total. The van der Waals surface area contributed by atoms with Gasteiger partial charge in [-0.05, 0) is 39.0 Å². The molecule has 0 aromatic carbocycles. The number of thioether (sulfide) groups is 1. The smallest absolute Gasteiger partial charge is 0.316 e. The highest BCUT2D eigenvalue weighted by Crippen LogP contribution is 2.29. The molecule has 2 rings (SSSR count). The molecule has 7 nitrogen and oxygen atoms in total. The standard InChI is InChI=1S/C32H54N4O3S/c1-4-6-7-8-9-10-11-12-13-14-15-16-17-18-19-20-21-22-23-24-25-39-32-30-29(35-36(32)3)31(34-27-33-30)40-26-28(37)38-5-2/h12-13,27H,4-11,14-26H2,1-3H3/b13-12-. The van der Waals surface area contributed by atoms with Crippen LogP contribution in [0.4, 0.5) is 0 Å². The van der Waals surface area contributed by atoms with E-state index in [1.54, 1.807) is 11.6 Å². The van der Waals surface area contributed by atoms with Crippen LogP contribution in [0.3, 0.4) is 0 Å². The van der Waals surface area contributed by atoms with Crippen LogP contribution < -0.4 is 4.74 Å². The molecule has 0 aliphatic rings. The fourth-order valence-corrected chi connectivity index (χ4v) is 5.51. The number of hydrogen-bond donors (Lipinski definition) is 0. The van der Waals surface area contributed by atoms with Crippen molar-refractivity contribution in [3.8, 4) is 5.88 Å². The summed E-state index contributed by atoms with van der Waals surface area (Å²) in [4.78, 5) is 20.4. The third-order valence-corrected chi connectivity index (χ3v) is 8.01. The van der Waals surface area contributed by atoms with Gasteiger partial charge in [0.05, 0.1) is 19.0 Å². The Morgan fingerprint density at radius 2 is 1.38 bits per heavy atom. The molecule has 8 heteroatoms. The molecule has 226 valence electrons. The van der Waals surface area contributed by atoms with Crippen molar-refractivity contribution < 1.29 is 14.3 Å². The number of carbonyl (C=O) groups is 1. The number of ether oxygens (including phenoxy) is 2. The van der Waals surface area contributed by atoms with Gasteiger partial charge in [0.15, 0.2) is 5.52 Å². The van der Waals surface area contributed by atoms with E-state index >= 15 is 0 Å². The number of aryl methyl sites for hydroxylation is 1. The molecule has 0 aliphatic carbocycles. The van der Waals surface area contributed by atoms with Crippen molar-refractivity contribution in [3.05, 3.63) is 18.5 Å². The zero-order valence-corrected chi connectivity index (χ0v) is 26.3. The van der Waals surface area contributed by atoms with Gasteiger partial charge in [0.2, 0.25) is 5.88 Å². The number of hydrogen-bond acceptors (Lipinski definition) is 7. The zero-order chi connectivity index (χ0) is 28.7. The van der Waals surface area contributed by atoms with Gasteiger partial charge in [-0.1, -0.05) is 114 Å². The Morgan fingerprint density at radius 3 is 1.98 bits per heavy atom. The van der Waals surface area contributed by atoms with Crippen molar-refractivity contribution in [2.75, 3.05) is 19.0 Å². The summed E-state index contributed by atoms with van der Waals surface area (Å²) in [6.45, 7) is 5.10. The first-order valence-electron chi connectivity index (χ1n) is 15.9. The van der Waals surface area contributed by atoms with Crippen molar-refractivity contribution in [3.63, 3.8) is 0 Å². The molecule has 0 fully saturated rings. The van der Waals surface area contributed by atoms with Crippen LogP contribution in [0, 0.1) is 0 Å². The highest BCUT2D eigenvalue weighted by molar-refractivity contribution is 8.00. The number of allylic oxidation sites excluding steroid dienone is 2. The Bertz CT molecular complexity index is 963. The van der Waals surface area contributed by atoms with E-state index in [1.807, 2.05) is 7.05 Å². The Balaban J connectivity index is 1.45. The summed E-state index contributed by atoms with van der Waals surface area (Å²) in [5.74, 6) is 0.594. The van der Waals surface area contributed by atoms with Gasteiger partial charge in [0.1, 0.15) is 16.9 Å². The molecule has 0 aliphatic heterocycles. The van der Waals surface area contributed by atoms with Crippen LogP contribution in [0.1, 0.15) is 129 Å². The summed E-state index contributed by atoms with van der Waals surface area (Å²) < 4.78 is 12.8. The maximum Gasteiger partial charge on any atom is 0.316 e. The lowest BCUT2D eigenvalue weighted by molar-refractivity contribution is -0.139. The average Bonchev–Trinajstić information content (AvgIpc) is 3.28. The molecule has 0 saturated heterocycles. The number of nitrogens with zero attached hydrogens (tertiary/aromatic N) is 4. The minimum Gasteiger partial charge on any atom is -0.476 e. The quantitative estimate of drug-likeness (QED) is 0.0385. The van der Waals surface area contributed by atoms with Gasteiger partial charge in [-0.3, -0.25) is 4.79 Å². The normalized spacial score (nSPS) is 11.6. The van der Waals surface area contributed by atoms with Gasteiger partial charge in [-0.15, -0.1) is 0 Å². The third kappa shape index (κ3) is 14.5. The van der Waals surface area contributed by atoms with Crippen LogP contribution >= 0.6 is 11.8 Å². The molecular weight excluding hydrogens is 520 g/mol. The molecule has 2 aromatic heterocycles. The number of unbranched alkanes of at least 4 members (excludes halogenated alkanes) is 16. The monoisotopic (exact) mass is 574 g/mol. The summed E-state index contributed by atoms with van der Waals surface area (Å²) in [6, 6.07) is 0. The summed E-state index contributed by atoms with van der Waals surface area (Å²) >= 11 is 1.31. The number of fused-ring (bicyclic) bond motifs is 1. The van der Waals surface area contributed by atoms with E-state index in [0.29, 0.717) is 35.2 Å². The minimum atomic E-state index is -0.260. The van der Waals surface area contributed by atoms with Crippen molar-refractivity contribution >= 4 is 28.8 Å². The Morgan fingerprint density at radius 1 is 0.800 bits per heavy atom. The van der Waals surface area contributed by atoms with Crippen molar-refractivity contribution in [2.24, 2.45) is 7.05 Å². The van der Waals surface area contributed by atoms with Gasteiger partial charge < -0.3 is 9.47 Å². The fourth-order valence-electron chi connectivity index (χ4n) is 4.78. The molecular formula is C32H54N4O3S. The Hall–Kier alpha value is -2.09. The molecule has 0 spiro atoms.